The molecular formula is C11H15BrN2O2S. The summed E-state index contributed by atoms with van der Waals surface area (Å²) in [4.78, 5) is 4.23. The van der Waals surface area contributed by atoms with Crippen LogP contribution in [-0.4, -0.2) is 30.9 Å². The maximum Gasteiger partial charge on any atom is 0.152 e. The predicted molar refractivity (Wildman–Crippen MR) is 72.0 cm³/mol. The quantitative estimate of drug-likeness (QED) is 0.907. The highest BCUT2D eigenvalue weighted by Crippen LogP contribution is 2.20. The van der Waals surface area contributed by atoms with E-state index in [1.807, 2.05) is 13.0 Å². The highest BCUT2D eigenvalue weighted by molar-refractivity contribution is 9.10. The molecule has 0 amide bonds. The van der Waals surface area contributed by atoms with Gasteiger partial charge in [0.1, 0.15) is 5.82 Å². The molecule has 1 fully saturated rings. The summed E-state index contributed by atoms with van der Waals surface area (Å²) < 4.78 is 24.0. The van der Waals surface area contributed by atoms with E-state index >= 15 is 0 Å². The van der Waals surface area contributed by atoms with E-state index in [0.29, 0.717) is 5.75 Å². The summed E-state index contributed by atoms with van der Waals surface area (Å²) >= 11 is 3.39. The van der Waals surface area contributed by atoms with Gasteiger partial charge in [-0.1, -0.05) is 0 Å². The van der Waals surface area contributed by atoms with E-state index in [1.165, 1.54) is 0 Å². The van der Waals surface area contributed by atoms with Crippen LogP contribution in [0.5, 0.6) is 0 Å². The van der Waals surface area contributed by atoms with Gasteiger partial charge in [-0.25, -0.2) is 13.4 Å². The lowest BCUT2D eigenvalue weighted by Gasteiger charge is -2.23. The normalized spacial score (nSPS) is 23.3. The third-order valence-electron chi connectivity index (χ3n) is 2.86. The van der Waals surface area contributed by atoms with E-state index < -0.39 is 9.84 Å². The summed E-state index contributed by atoms with van der Waals surface area (Å²) in [5.74, 6) is 1.27. The van der Waals surface area contributed by atoms with Crippen molar-refractivity contribution < 1.29 is 8.42 Å². The average Bonchev–Trinajstić information content (AvgIpc) is 2.22. The third kappa shape index (κ3) is 3.42. The fraction of sp³-hybridized carbons (Fsp3) is 0.545. The van der Waals surface area contributed by atoms with Crippen molar-refractivity contribution in [1.29, 1.82) is 0 Å². The molecule has 1 saturated heterocycles. The minimum Gasteiger partial charge on any atom is -0.366 e. The fourth-order valence-electron chi connectivity index (χ4n) is 1.96. The number of aromatic nitrogens is 1. The van der Waals surface area contributed by atoms with Crippen molar-refractivity contribution in [3.63, 3.8) is 0 Å². The van der Waals surface area contributed by atoms with Crippen molar-refractivity contribution >= 4 is 31.6 Å². The summed E-state index contributed by atoms with van der Waals surface area (Å²) in [5.41, 5.74) is 1.08. The second-order valence-electron chi connectivity index (χ2n) is 4.42. The smallest absolute Gasteiger partial charge is 0.152 e. The topological polar surface area (TPSA) is 59.1 Å². The largest absolute Gasteiger partial charge is 0.366 e. The Hall–Kier alpha value is -0.620. The van der Waals surface area contributed by atoms with Gasteiger partial charge in [0, 0.05) is 16.7 Å². The van der Waals surface area contributed by atoms with Crippen LogP contribution in [0.4, 0.5) is 5.82 Å². The second kappa shape index (κ2) is 4.94. The van der Waals surface area contributed by atoms with Crippen molar-refractivity contribution in [2.24, 2.45) is 0 Å². The Morgan fingerprint density at radius 3 is 2.94 bits per heavy atom. The number of nitrogens with zero attached hydrogens (tertiary/aromatic N) is 1. The molecule has 17 heavy (non-hydrogen) atoms. The number of halogens is 1. The minimum atomic E-state index is -2.87. The molecule has 1 atom stereocenters. The predicted octanol–water partition coefficient (Wildman–Crippen LogP) is 2.14. The van der Waals surface area contributed by atoms with E-state index in [-0.39, 0.29) is 11.8 Å². The molecule has 2 rings (SSSR count). The molecule has 94 valence electrons. The summed E-state index contributed by atoms with van der Waals surface area (Å²) in [6, 6.07) is 1.91. The van der Waals surface area contributed by atoms with E-state index in [4.69, 9.17) is 0 Å². The van der Waals surface area contributed by atoms with Crippen LogP contribution < -0.4 is 5.32 Å². The lowest BCUT2D eigenvalue weighted by molar-refractivity contribution is 0.561. The number of sulfone groups is 1. The number of aryl methyl sites for hydroxylation is 1. The van der Waals surface area contributed by atoms with E-state index in [1.54, 1.807) is 6.20 Å². The van der Waals surface area contributed by atoms with Crippen LogP contribution in [0.15, 0.2) is 16.7 Å². The maximum atomic E-state index is 11.5. The lowest BCUT2D eigenvalue weighted by Crippen LogP contribution is -2.35. The zero-order chi connectivity index (χ0) is 12.5. The standard InChI is InChI=1S/C11H15BrN2O2S/c1-8-5-11(13-6-10(8)12)14-9-3-2-4-17(15,16)7-9/h5-6,9H,2-4,7H2,1H3,(H,13,14). The van der Waals surface area contributed by atoms with Crippen LogP contribution in [-0.2, 0) is 9.84 Å². The average molecular weight is 319 g/mol. The first-order valence-electron chi connectivity index (χ1n) is 5.55. The Labute approximate surface area is 110 Å². The number of rotatable bonds is 2. The molecule has 1 aromatic heterocycles. The summed E-state index contributed by atoms with van der Waals surface area (Å²) in [6.45, 7) is 1.98. The number of nitrogens with one attached hydrogen (secondary N) is 1. The van der Waals surface area contributed by atoms with Gasteiger partial charge < -0.3 is 5.32 Å². The van der Waals surface area contributed by atoms with Gasteiger partial charge in [0.2, 0.25) is 0 Å². The fourth-order valence-corrected chi connectivity index (χ4v) is 3.82. The number of hydrogen-bond acceptors (Lipinski definition) is 4. The second-order valence-corrected chi connectivity index (χ2v) is 7.50. The van der Waals surface area contributed by atoms with Gasteiger partial charge in [0.25, 0.3) is 0 Å². The summed E-state index contributed by atoms with van der Waals surface area (Å²) in [5, 5.41) is 3.19. The number of anilines is 1. The molecule has 1 aromatic rings. The summed E-state index contributed by atoms with van der Waals surface area (Å²) in [6.07, 6.45) is 3.35. The van der Waals surface area contributed by atoms with Crippen molar-refractivity contribution in [2.75, 3.05) is 16.8 Å². The molecule has 0 radical (unpaired) electrons. The lowest BCUT2D eigenvalue weighted by atomic mass is 10.2. The Morgan fingerprint density at radius 1 is 1.53 bits per heavy atom. The SMILES string of the molecule is Cc1cc(NC2CCCS(=O)(=O)C2)ncc1Br. The van der Waals surface area contributed by atoms with Gasteiger partial charge in [-0.3, -0.25) is 0 Å². The first kappa shape index (κ1) is 12.8. The Kier molecular flexibility index (Phi) is 3.73. The molecule has 0 spiro atoms. The van der Waals surface area contributed by atoms with Crippen LogP contribution in [0, 0.1) is 6.92 Å². The minimum absolute atomic E-state index is 0.0122. The number of hydrogen-bond donors (Lipinski definition) is 1. The molecule has 1 aliphatic heterocycles. The van der Waals surface area contributed by atoms with Crippen LogP contribution in [0.1, 0.15) is 18.4 Å². The third-order valence-corrected chi connectivity index (χ3v) is 5.51. The first-order valence-corrected chi connectivity index (χ1v) is 8.17. The maximum absolute atomic E-state index is 11.5. The van der Waals surface area contributed by atoms with Gasteiger partial charge in [-0.05, 0) is 47.3 Å². The van der Waals surface area contributed by atoms with E-state index in [9.17, 15) is 8.42 Å². The molecule has 0 aromatic carbocycles. The van der Waals surface area contributed by atoms with Crippen molar-refractivity contribution in [3.05, 3.63) is 22.3 Å². The first-order chi connectivity index (χ1) is 7.96. The zero-order valence-electron chi connectivity index (χ0n) is 9.61. The van der Waals surface area contributed by atoms with Crippen LogP contribution >= 0.6 is 15.9 Å². The molecule has 1 N–H and O–H groups in total. The summed E-state index contributed by atoms with van der Waals surface area (Å²) in [7, 11) is -2.87. The molecule has 0 aliphatic carbocycles. The Balaban J connectivity index is 2.08. The van der Waals surface area contributed by atoms with Gasteiger partial charge >= 0.3 is 0 Å². The van der Waals surface area contributed by atoms with Crippen molar-refractivity contribution in [2.45, 2.75) is 25.8 Å². The van der Waals surface area contributed by atoms with Gasteiger partial charge in [-0.15, -0.1) is 0 Å². The highest BCUT2D eigenvalue weighted by atomic mass is 79.9. The van der Waals surface area contributed by atoms with E-state index in [0.717, 1.165) is 28.7 Å². The van der Waals surface area contributed by atoms with Gasteiger partial charge in [0.15, 0.2) is 9.84 Å². The number of pyridine rings is 1. The van der Waals surface area contributed by atoms with Crippen molar-refractivity contribution in [3.8, 4) is 0 Å². The van der Waals surface area contributed by atoms with Gasteiger partial charge in [-0.2, -0.15) is 0 Å². The molecule has 1 unspecified atom stereocenters. The monoisotopic (exact) mass is 318 g/mol. The molecule has 1 aliphatic rings. The van der Waals surface area contributed by atoms with Gasteiger partial charge in [0.05, 0.1) is 11.5 Å². The molecule has 0 bridgehead atoms. The zero-order valence-corrected chi connectivity index (χ0v) is 12.0. The Bertz CT molecular complexity index is 516. The van der Waals surface area contributed by atoms with Crippen molar-refractivity contribution in [1.82, 2.24) is 4.98 Å². The Morgan fingerprint density at radius 2 is 2.29 bits per heavy atom. The van der Waals surface area contributed by atoms with Crippen LogP contribution in [0.2, 0.25) is 0 Å². The van der Waals surface area contributed by atoms with E-state index in [2.05, 4.69) is 26.2 Å². The molecule has 6 heteroatoms. The molecular weight excluding hydrogens is 304 g/mol. The molecule has 0 saturated carbocycles. The highest BCUT2D eigenvalue weighted by Gasteiger charge is 2.24. The van der Waals surface area contributed by atoms with Crippen LogP contribution in [0.25, 0.3) is 0 Å². The van der Waals surface area contributed by atoms with Crippen LogP contribution in [0.3, 0.4) is 0 Å². The molecule has 4 nitrogen and oxygen atoms in total. The molecule has 2 heterocycles.